The van der Waals surface area contributed by atoms with E-state index in [9.17, 15) is 4.79 Å². The van der Waals surface area contributed by atoms with E-state index < -0.39 is 0 Å². The number of piperazine rings is 1. The number of carbonyl (C=O) groups is 1. The first-order valence-corrected chi connectivity index (χ1v) is 10.3. The van der Waals surface area contributed by atoms with Gasteiger partial charge in [0.1, 0.15) is 0 Å². The SMILES string of the molecule is COc1ccc(/C=C/C(=O)NCc2ccc(N3CCN(C)CC3)cc2)c(OC)c1OC. The quantitative estimate of drug-likeness (QED) is 0.657. The molecule has 1 aliphatic rings. The maximum absolute atomic E-state index is 12.3. The van der Waals surface area contributed by atoms with E-state index in [1.54, 1.807) is 33.5 Å². The fourth-order valence-corrected chi connectivity index (χ4v) is 3.56. The number of methoxy groups -OCH3 is 3. The van der Waals surface area contributed by atoms with Crippen LogP contribution in [0.15, 0.2) is 42.5 Å². The van der Waals surface area contributed by atoms with Crippen LogP contribution in [0.3, 0.4) is 0 Å². The number of nitrogens with one attached hydrogen (secondary N) is 1. The highest BCUT2D eigenvalue weighted by molar-refractivity contribution is 5.92. The van der Waals surface area contributed by atoms with Crippen LogP contribution in [-0.2, 0) is 11.3 Å². The Hall–Kier alpha value is -3.19. The molecule has 7 heteroatoms. The molecule has 0 saturated carbocycles. The highest BCUT2D eigenvalue weighted by Gasteiger charge is 2.15. The van der Waals surface area contributed by atoms with Gasteiger partial charge in [0.15, 0.2) is 11.5 Å². The summed E-state index contributed by atoms with van der Waals surface area (Å²) in [6.45, 7) is 4.70. The highest BCUT2D eigenvalue weighted by Crippen LogP contribution is 2.40. The molecule has 3 rings (SSSR count). The lowest BCUT2D eigenvalue weighted by Gasteiger charge is -2.34. The molecule has 31 heavy (non-hydrogen) atoms. The van der Waals surface area contributed by atoms with E-state index >= 15 is 0 Å². The summed E-state index contributed by atoms with van der Waals surface area (Å²) in [6, 6.07) is 12.0. The van der Waals surface area contributed by atoms with Crippen LogP contribution in [0.25, 0.3) is 6.08 Å². The number of anilines is 1. The zero-order valence-corrected chi connectivity index (χ0v) is 18.7. The minimum Gasteiger partial charge on any atom is -0.493 e. The summed E-state index contributed by atoms with van der Waals surface area (Å²) in [4.78, 5) is 17.0. The molecule has 1 amide bonds. The first-order valence-electron chi connectivity index (χ1n) is 10.3. The summed E-state index contributed by atoms with van der Waals surface area (Å²) >= 11 is 0. The molecule has 1 aliphatic heterocycles. The molecule has 2 aromatic carbocycles. The molecule has 1 heterocycles. The number of carbonyl (C=O) groups excluding carboxylic acids is 1. The van der Waals surface area contributed by atoms with Crippen LogP contribution in [0.5, 0.6) is 17.2 Å². The normalized spacial score (nSPS) is 14.5. The lowest BCUT2D eigenvalue weighted by Crippen LogP contribution is -2.44. The Morgan fingerprint density at radius 3 is 2.23 bits per heavy atom. The minimum atomic E-state index is -0.181. The average Bonchev–Trinajstić information content (AvgIpc) is 2.81. The molecule has 1 saturated heterocycles. The van der Waals surface area contributed by atoms with Crippen molar-refractivity contribution < 1.29 is 19.0 Å². The van der Waals surface area contributed by atoms with Gasteiger partial charge in [-0.3, -0.25) is 4.79 Å². The lowest BCUT2D eigenvalue weighted by atomic mass is 10.1. The van der Waals surface area contributed by atoms with Gasteiger partial charge < -0.3 is 29.3 Å². The first kappa shape index (κ1) is 22.5. The fourth-order valence-electron chi connectivity index (χ4n) is 3.56. The van der Waals surface area contributed by atoms with Crippen molar-refractivity contribution >= 4 is 17.7 Å². The summed E-state index contributed by atoms with van der Waals surface area (Å²) in [7, 11) is 6.83. The van der Waals surface area contributed by atoms with Crippen molar-refractivity contribution in [2.24, 2.45) is 0 Å². The number of benzene rings is 2. The highest BCUT2D eigenvalue weighted by atomic mass is 16.5. The smallest absolute Gasteiger partial charge is 0.244 e. The van der Waals surface area contributed by atoms with Crippen molar-refractivity contribution in [3.63, 3.8) is 0 Å². The predicted molar refractivity (Wildman–Crippen MR) is 123 cm³/mol. The second kappa shape index (κ2) is 10.7. The zero-order chi connectivity index (χ0) is 22.2. The summed E-state index contributed by atoms with van der Waals surface area (Å²) in [5.74, 6) is 1.40. The third kappa shape index (κ3) is 5.70. The van der Waals surface area contributed by atoms with Crippen LogP contribution in [0.2, 0.25) is 0 Å². The van der Waals surface area contributed by atoms with Crippen molar-refractivity contribution in [1.29, 1.82) is 0 Å². The predicted octanol–water partition coefficient (Wildman–Crippen LogP) is 2.79. The average molecular weight is 426 g/mol. The van der Waals surface area contributed by atoms with E-state index in [0.29, 0.717) is 23.8 Å². The molecular formula is C24H31N3O4. The molecule has 1 fully saturated rings. The van der Waals surface area contributed by atoms with Gasteiger partial charge in [0.2, 0.25) is 11.7 Å². The number of hydrogen-bond acceptors (Lipinski definition) is 6. The molecule has 2 aromatic rings. The molecule has 0 atom stereocenters. The maximum atomic E-state index is 12.3. The molecule has 0 spiro atoms. The molecule has 0 radical (unpaired) electrons. The Morgan fingerprint density at radius 2 is 1.61 bits per heavy atom. The maximum Gasteiger partial charge on any atom is 0.244 e. The Kier molecular flexibility index (Phi) is 7.78. The molecular weight excluding hydrogens is 394 g/mol. The van der Waals surface area contributed by atoms with Gasteiger partial charge in [0.25, 0.3) is 0 Å². The van der Waals surface area contributed by atoms with Gasteiger partial charge in [-0.25, -0.2) is 0 Å². The number of likely N-dealkylation sites (N-methyl/N-ethyl adjacent to an activating group) is 1. The molecule has 0 bridgehead atoms. The Bertz CT molecular complexity index is 904. The second-order valence-corrected chi connectivity index (χ2v) is 7.43. The molecule has 1 N–H and O–H groups in total. The van der Waals surface area contributed by atoms with Gasteiger partial charge in [-0.2, -0.15) is 0 Å². The summed E-state index contributed by atoms with van der Waals surface area (Å²) in [5.41, 5.74) is 3.01. The van der Waals surface area contributed by atoms with Gasteiger partial charge in [0, 0.05) is 50.1 Å². The number of nitrogens with zero attached hydrogens (tertiary/aromatic N) is 2. The number of ether oxygens (including phenoxy) is 3. The Labute approximate surface area is 184 Å². The van der Waals surface area contributed by atoms with Crippen LogP contribution in [0, 0.1) is 0 Å². The number of hydrogen-bond donors (Lipinski definition) is 1. The van der Waals surface area contributed by atoms with Crippen molar-refractivity contribution in [2.75, 3.05) is 59.5 Å². The minimum absolute atomic E-state index is 0.181. The summed E-state index contributed by atoms with van der Waals surface area (Å²) < 4.78 is 16.1. The van der Waals surface area contributed by atoms with Crippen LogP contribution in [0.1, 0.15) is 11.1 Å². The third-order valence-electron chi connectivity index (χ3n) is 5.42. The Morgan fingerprint density at radius 1 is 0.935 bits per heavy atom. The van der Waals surface area contributed by atoms with E-state index in [0.717, 1.165) is 37.3 Å². The van der Waals surface area contributed by atoms with Gasteiger partial charge in [-0.05, 0) is 43.0 Å². The fraction of sp³-hybridized carbons (Fsp3) is 0.375. The largest absolute Gasteiger partial charge is 0.493 e. The van der Waals surface area contributed by atoms with Crippen LogP contribution in [0.4, 0.5) is 5.69 Å². The van der Waals surface area contributed by atoms with Crippen LogP contribution < -0.4 is 24.4 Å². The second-order valence-electron chi connectivity index (χ2n) is 7.43. The zero-order valence-electron chi connectivity index (χ0n) is 18.7. The summed E-state index contributed by atoms with van der Waals surface area (Å²) in [6.07, 6.45) is 3.19. The standard InChI is InChI=1S/C24H31N3O4/c1-26-13-15-27(16-14-26)20-9-5-18(6-10-20)17-25-22(28)12-8-19-7-11-21(29-2)24(31-4)23(19)30-3/h5-12H,13-17H2,1-4H3,(H,25,28)/b12-8+. The van der Waals surface area contributed by atoms with E-state index in [-0.39, 0.29) is 5.91 Å². The Balaban J connectivity index is 1.57. The topological polar surface area (TPSA) is 63.3 Å². The number of amides is 1. The van der Waals surface area contributed by atoms with Crippen molar-refractivity contribution in [2.45, 2.75) is 6.54 Å². The van der Waals surface area contributed by atoms with Crippen molar-refractivity contribution in [3.05, 3.63) is 53.6 Å². The van der Waals surface area contributed by atoms with E-state index in [1.165, 1.54) is 11.8 Å². The molecule has 7 nitrogen and oxygen atoms in total. The van der Waals surface area contributed by atoms with Gasteiger partial charge in [-0.15, -0.1) is 0 Å². The van der Waals surface area contributed by atoms with E-state index in [4.69, 9.17) is 14.2 Å². The monoisotopic (exact) mass is 425 g/mol. The lowest BCUT2D eigenvalue weighted by molar-refractivity contribution is -0.116. The third-order valence-corrected chi connectivity index (χ3v) is 5.42. The van der Waals surface area contributed by atoms with Gasteiger partial charge in [-0.1, -0.05) is 12.1 Å². The van der Waals surface area contributed by atoms with Crippen molar-refractivity contribution in [3.8, 4) is 17.2 Å². The summed E-state index contributed by atoms with van der Waals surface area (Å²) in [5, 5.41) is 2.92. The molecule has 166 valence electrons. The molecule has 0 aromatic heterocycles. The van der Waals surface area contributed by atoms with Crippen molar-refractivity contribution in [1.82, 2.24) is 10.2 Å². The molecule has 0 unspecified atom stereocenters. The molecule has 0 aliphatic carbocycles. The van der Waals surface area contributed by atoms with Gasteiger partial charge in [0.05, 0.1) is 21.3 Å². The number of rotatable bonds is 8. The van der Waals surface area contributed by atoms with Crippen LogP contribution in [-0.4, -0.2) is 65.4 Å². The first-order chi connectivity index (χ1) is 15.0. The van der Waals surface area contributed by atoms with E-state index in [2.05, 4.69) is 46.4 Å². The van der Waals surface area contributed by atoms with Crippen LogP contribution >= 0.6 is 0 Å². The van der Waals surface area contributed by atoms with Gasteiger partial charge >= 0.3 is 0 Å². The van der Waals surface area contributed by atoms with E-state index in [1.807, 2.05) is 6.07 Å².